The highest BCUT2D eigenvalue weighted by atomic mass is 79.9. The predicted octanol–water partition coefficient (Wildman–Crippen LogP) is 4.42. The first kappa shape index (κ1) is 14.5. The molecule has 0 saturated heterocycles. The molecule has 4 heteroatoms. The Morgan fingerprint density at radius 2 is 2.24 bits per heavy atom. The van der Waals surface area contributed by atoms with Gasteiger partial charge in [0.25, 0.3) is 0 Å². The zero-order valence-corrected chi connectivity index (χ0v) is 12.9. The van der Waals surface area contributed by atoms with Crippen LogP contribution < -0.4 is 0 Å². The summed E-state index contributed by atoms with van der Waals surface area (Å²) in [5.41, 5.74) is 2.22. The normalized spacial score (nSPS) is 12.0. The summed E-state index contributed by atoms with van der Waals surface area (Å²) in [7, 11) is 0. The number of thiophene rings is 1. The van der Waals surface area contributed by atoms with Gasteiger partial charge in [0.2, 0.25) is 0 Å². The molecule has 1 aromatic heterocycles. The van der Waals surface area contributed by atoms with Gasteiger partial charge >= 0.3 is 5.97 Å². The molecule has 0 aliphatic carbocycles. The van der Waals surface area contributed by atoms with Crippen LogP contribution >= 0.6 is 27.3 Å². The zero-order valence-electron chi connectivity index (χ0n) is 10.5. The molecule has 1 rings (SSSR count). The Hall–Kier alpha value is -0.610. The average molecular weight is 317 g/mol. The maximum atomic E-state index is 11.5. The molecule has 1 heterocycles. The van der Waals surface area contributed by atoms with Crippen LogP contribution in [0, 0.1) is 12.8 Å². The molecular formula is C13H17BrO2S. The monoisotopic (exact) mass is 316 g/mol. The standard InChI is InChI=1S/C13H17BrO2S/c1-5-16-12(15)7-10(8(2)3)11-6-9(4)13(14)17-11/h6-8H,5H2,1-4H3/b10-7+. The third-order valence-corrected chi connectivity index (χ3v) is 4.51. The maximum absolute atomic E-state index is 11.5. The molecule has 0 saturated carbocycles. The summed E-state index contributed by atoms with van der Waals surface area (Å²) in [6.45, 7) is 8.43. The summed E-state index contributed by atoms with van der Waals surface area (Å²) < 4.78 is 6.07. The van der Waals surface area contributed by atoms with Crippen molar-refractivity contribution >= 4 is 38.8 Å². The lowest BCUT2D eigenvalue weighted by atomic mass is 10.0. The van der Waals surface area contributed by atoms with Gasteiger partial charge < -0.3 is 4.74 Å². The van der Waals surface area contributed by atoms with Gasteiger partial charge in [-0.1, -0.05) is 13.8 Å². The van der Waals surface area contributed by atoms with Gasteiger partial charge in [-0.3, -0.25) is 0 Å². The average Bonchev–Trinajstić information content (AvgIpc) is 2.55. The van der Waals surface area contributed by atoms with E-state index in [1.54, 1.807) is 17.4 Å². The van der Waals surface area contributed by atoms with Crippen molar-refractivity contribution < 1.29 is 9.53 Å². The lowest BCUT2D eigenvalue weighted by Crippen LogP contribution is -2.03. The minimum atomic E-state index is -0.265. The molecule has 2 nitrogen and oxygen atoms in total. The minimum Gasteiger partial charge on any atom is -0.463 e. The fraction of sp³-hybridized carbons (Fsp3) is 0.462. The number of carbonyl (C=O) groups excluding carboxylic acids is 1. The largest absolute Gasteiger partial charge is 0.463 e. The first-order valence-corrected chi connectivity index (χ1v) is 7.21. The van der Waals surface area contributed by atoms with E-state index in [4.69, 9.17) is 4.74 Å². The summed E-state index contributed by atoms with van der Waals surface area (Å²) in [5.74, 6) is 0.0303. The van der Waals surface area contributed by atoms with Crippen LogP contribution in [0.5, 0.6) is 0 Å². The number of carbonyl (C=O) groups is 1. The molecule has 0 unspecified atom stereocenters. The number of halogens is 1. The third-order valence-electron chi connectivity index (χ3n) is 2.32. The fourth-order valence-corrected chi connectivity index (χ4v) is 3.13. The van der Waals surface area contributed by atoms with Crippen LogP contribution in [0.15, 0.2) is 15.9 Å². The molecule has 94 valence electrons. The van der Waals surface area contributed by atoms with E-state index in [1.807, 2.05) is 13.8 Å². The highest BCUT2D eigenvalue weighted by Crippen LogP contribution is 2.35. The number of aryl methyl sites for hydroxylation is 1. The molecule has 0 radical (unpaired) electrons. The van der Waals surface area contributed by atoms with Gasteiger partial charge in [0.15, 0.2) is 0 Å². The Balaban J connectivity index is 3.05. The minimum absolute atomic E-state index is 0.265. The molecule has 1 aromatic rings. The molecule has 0 amide bonds. The van der Waals surface area contributed by atoms with Crippen molar-refractivity contribution in [3.63, 3.8) is 0 Å². The number of rotatable bonds is 4. The fourth-order valence-electron chi connectivity index (χ4n) is 1.44. The Labute approximate surface area is 115 Å². The van der Waals surface area contributed by atoms with Crippen molar-refractivity contribution in [1.29, 1.82) is 0 Å². The van der Waals surface area contributed by atoms with E-state index in [2.05, 4.69) is 35.8 Å². The van der Waals surface area contributed by atoms with E-state index in [9.17, 15) is 4.79 Å². The van der Waals surface area contributed by atoms with Crippen molar-refractivity contribution in [2.75, 3.05) is 6.61 Å². The second-order valence-electron chi connectivity index (χ2n) is 4.07. The van der Waals surface area contributed by atoms with Crippen LogP contribution in [0.1, 0.15) is 31.2 Å². The van der Waals surface area contributed by atoms with Crippen LogP contribution in [0.4, 0.5) is 0 Å². The van der Waals surface area contributed by atoms with Gasteiger partial charge in [0.1, 0.15) is 0 Å². The summed E-state index contributed by atoms with van der Waals surface area (Å²) in [6, 6.07) is 2.10. The lowest BCUT2D eigenvalue weighted by molar-refractivity contribution is -0.137. The SMILES string of the molecule is CCOC(=O)/C=C(/c1cc(C)c(Br)s1)C(C)C. The van der Waals surface area contributed by atoms with Crippen molar-refractivity contribution in [3.05, 3.63) is 26.4 Å². The summed E-state index contributed by atoms with van der Waals surface area (Å²) in [6.07, 6.45) is 1.60. The first-order chi connectivity index (χ1) is 7.95. The Kier molecular flexibility index (Phi) is 5.40. The molecule has 0 aromatic carbocycles. The van der Waals surface area contributed by atoms with E-state index in [0.29, 0.717) is 12.5 Å². The molecule has 0 fully saturated rings. The van der Waals surface area contributed by atoms with Crippen LogP contribution in [-0.2, 0) is 9.53 Å². The zero-order chi connectivity index (χ0) is 13.0. The smallest absolute Gasteiger partial charge is 0.331 e. The van der Waals surface area contributed by atoms with Crippen molar-refractivity contribution in [2.45, 2.75) is 27.7 Å². The summed E-state index contributed by atoms with van der Waals surface area (Å²) >= 11 is 5.16. The van der Waals surface area contributed by atoms with Gasteiger partial charge in [-0.25, -0.2) is 4.79 Å². The van der Waals surface area contributed by atoms with Gasteiger partial charge in [0, 0.05) is 11.0 Å². The van der Waals surface area contributed by atoms with E-state index in [-0.39, 0.29) is 5.97 Å². The molecular weight excluding hydrogens is 300 g/mol. The third kappa shape index (κ3) is 3.96. The second kappa shape index (κ2) is 6.36. The van der Waals surface area contributed by atoms with E-state index in [1.165, 1.54) is 5.56 Å². The number of allylic oxidation sites excluding steroid dienone is 1. The Morgan fingerprint density at radius 3 is 2.65 bits per heavy atom. The first-order valence-electron chi connectivity index (χ1n) is 5.60. The lowest BCUT2D eigenvalue weighted by Gasteiger charge is -2.08. The molecule has 0 bridgehead atoms. The molecule has 0 aliphatic rings. The Morgan fingerprint density at radius 1 is 1.59 bits per heavy atom. The van der Waals surface area contributed by atoms with Gasteiger partial charge in [0.05, 0.1) is 10.4 Å². The van der Waals surface area contributed by atoms with Crippen LogP contribution in [-0.4, -0.2) is 12.6 Å². The van der Waals surface area contributed by atoms with Crippen LogP contribution in [0.25, 0.3) is 5.57 Å². The van der Waals surface area contributed by atoms with Gasteiger partial charge in [-0.2, -0.15) is 0 Å². The molecule has 0 spiro atoms. The van der Waals surface area contributed by atoms with Crippen LogP contribution in [0.2, 0.25) is 0 Å². The van der Waals surface area contributed by atoms with Gasteiger partial charge in [-0.05, 0) is 52.9 Å². The van der Waals surface area contributed by atoms with Crippen molar-refractivity contribution in [1.82, 2.24) is 0 Å². The number of esters is 1. The quantitative estimate of drug-likeness (QED) is 0.607. The molecule has 0 aliphatic heterocycles. The maximum Gasteiger partial charge on any atom is 0.331 e. The van der Waals surface area contributed by atoms with Crippen molar-refractivity contribution in [2.24, 2.45) is 5.92 Å². The van der Waals surface area contributed by atoms with Gasteiger partial charge in [-0.15, -0.1) is 11.3 Å². The molecule has 17 heavy (non-hydrogen) atoms. The topological polar surface area (TPSA) is 26.3 Å². The second-order valence-corrected chi connectivity index (χ2v) is 6.44. The van der Waals surface area contributed by atoms with E-state index < -0.39 is 0 Å². The van der Waals surface area contributed by atoms with Crippen molar-refractivity contribution in [3.8, 4) is 0 Å². The Bertz CT molecular complexity index is 413. The van der Waals surface area contributed by atoms with E-state index >= 15 is 0 Å². The summed E-state index contributed by atoms with van der Waals surface area (Å²) in [5, 5.41) is 0. The predicted molar refractivity (Wildman–Crippen MR) is 76.2 cm³/mol. The highest BCUT2D eigenvalue weighted by Gasteiger charge is 2.13. The number of hydrogen-bond donors (Lipinski definition) is 0. The van der Waals surface area contributed by atoms with E-state index in [0.717, 1.165) is 14.2 Å². The highest BCUT2D eigenvalue weighted by molar-refractivity contribution is 9.11. The molecule has 0 atom stereocenters. The number of ether oxygens (including phenoxy) is 1. The molecule has 0 N–H and O–H groups in total. The summed E-state index contributed by atoms with van der Waals surface area (Å²) in [4.78, 5) is 12.6. The number of hydrogen-bond acceptors (Lipinski definition) is 3. The van der Waals surface area contributed by atoms with Crippen LogP contribution in [0.3, 0.4) is 0 Å².